The number of furan rings is 1. The Balaban J connectivity index is 2.78. The van der Waals surface area contributed by atoms with E-state index >= 15 is 0 Å². The molecule has 0 aliphatic carbocycles. The van der Waals surface area contributed by atoms with Gasteiger partial charge in [-0.05, 0) is 13.0 Å². The second-order valence-corrected chi connectivity index (χ2v) is 2.75. The molecule has 78 valence electrons. The summed E-state index contributed by atoms with van der Waals surface area (Å²) in [5.74, 6) is -0.702. The van der Waals surface area contributed by atoms with E-state index in [1.54, 1.807) is 11.0 Å². The van der Waals surface area contributed by atoms with Crippen LogP contribution >= 0.6 is 0 Å². The van der Waals surface area contributed by atoms with Crippen molar-refractivity contribution in [2.24, 2.45) is 0 Å². The Morgan fingerprint density at radius 1 is 1.57 bits per heavy atom. The quantitative estimate of drug-likeness (QED) is 0.733. The van der Waals surface area contributed by atoms with Gasteiger partial charge in [0.15, 0.2) is 5.88 Å². The topological polar surface area (TPSA) is 73.9 Å². The third kappa shape index (κ3) is 2.26. The van der Waals surface area contributed by atoms with Crippen molar-refractivity contribution in [1.29, 1.82) is 0 Å². The third-order valence-corrected chi connectivity index (χ3v) is 1.87. The zero-order chi connectivity index (χ0) is 10.6. The van der Waals surface area contributed by atoms with Crippen LogP contribution in [-0.4, -0.2) is 35.9 Å². The Labute approximate surface area is 81.6 Å². The number of nitrogens with zero attached hydrogens (tertiary/aromatic N) is 1. The maximum absolute atomic E-state index is 10.5. The van der Waals surface area contributed by atoms with Crippen molar-refractivity contribution in [2.75, 3.05) is 24.6 Å². The van der Waals surface area contributed by atoms with Crippen LogP contribution in [0.3, 0.4) is 0 Å². The van der Waals surface area contributed by atoms with E-state index in [0.717, 1.165) is 0 Å². The highest BCUT2D eigenvalue weighted by Gasteiger charge is 2.12. The SMILES string of the molecule is CCN(CCO)c1ccc(C(=O)O)o1. The molecule has 0 atom stereocenters. The summed E-state index contributed by atoms with van der Waals surface area (Å²) >= 11 is 0. The molecule has 2 N–H and O–H groups in total. The molecule has 0 saturated heterocycles. The van der Waals surface area contributed by atoms with Gasteiger partial charge in [-0.2, -0.15) is 0 Å². The van der Waals surface area contributed by atoms with Crippen molar-refractivity contribution in [1.82, 2.24) is 0 Å². The first kappa shape index (κ1) is 10.6. The molecule has 1 aromatic heterocycles. The Bertz CT molecular complexity index is 308. The molecule has 1 heterocycles. The van der Waals surface area contributed by atoms with Gasteiger partial charge in [0, 0.05) is 19.2 Å². The van der Waals surface area contributed by atoms with E-state index in [1.807, 2.05) is 6.92 Å². The maximum atomic E-state index is 10.5. The number of anilines is 1. The van der Waals surface area contributed by atoms with Crippen LogP contribution in [-0.2, 0) is 0 Å². The van der Waals surface area contributed by atoms with Gasteiger partial charge in [0.2, 0.25) is 5.76 Å². The van der Waals surface area contributed by atoms with Crippen LogP contribution in [0.2, 0.25) is 0 Å². The van der Waals surface area contributed by atoms with Crippen LogP contribution in [0.4, 0.5) is 5.88 Å². The monoisotopic (exact) mass is 199 g/mol. The minimum atomic E-state index is -1.09. The second-order valence-electron chi connectivity index (χ2n) is 2.75. The van der Waals surface area contributed by atoms with Gasteiger partial charge in [-0.25, -0.2) is 4.79 Å². The fourth-order valence-electron chi connectivity index (χ4n) is 1.16. The molecule has 1 aromatic rings. The average Bonchev–Trinajstić information content (AvgIpc) is 2.63. The summed E-state index contributed by atoms with van der Waals surface area (Å²) in [5.41, 5.74) is 0. The minimum Gasteiger partial charge on any atom is -0.475 e. The number of carboxylic acids is 1. The summed E-state index contributed by atoms with van der Waals surface area (Å²) in [6.45, 7) is 3.01. The zero-order valence-corrected chi connectivity index (χ0v) is 7.93. The van der Waals surface area contributed by atoms with E-state index in [0.29, 0.717) is 19.0 Å². The van der Waals surface area contributed by atoms with Crippen LogP contribution < -0.4 is 4.90 Å². The first-order valence-electron chi connectivity index (χ1n) is 4.38. The number of carboxylic acid groups (broad SMARTS) is 1. The second kappa shape index (κ2) is 4.66. The average molecular weight is 199 g/mol. The van der Waals surface area contributed by atoms with Gasteiger partial charge in [0.05, 0.1) is 6.61 Å². The van der Waals surface area contributed by atoms with Crippen molar-refractivity contribution in [3.05, 3.63) is 17.9 Å². The minimum absolute atomic E-state index is 0.0109. The summed E-state index contributed by atoms with van der Waals surface area (Å²) in [7, 11) is 0. The standard InChI is InChI=1S/C9H13NO4/c1-2-10(5-6-11)8-4-3-7(14-8)9(12)13/h3-4,11H,2,5-6H2,1H3,(H,12,13). The van der Waals surface area contributed by atoms with Crippen LogP contribution in [0.1, 0.15) is 17.5 Å². The van der Waals surface area contributed by atoms with Crippen LogP contribution in [0.25, 0.3) is 0 Å². The lowest BCUT2D eigenvalue weighted by Crippen LogP contribution is -2.25. The molecule has 0 fully saturated rings. The summed E-state index contributed by atoms with van der Waals surface area (Å²) < 4.78 is 5.07. The lowest BCUT2D eigenvalue weighted by atomic mass is 10.4. The van der Waals surface area contributed by atoms with Crippen LogP contribution in [0.5, 0.6) is 0 Å². The highest BCUT2D eigenvalue weighted by molar-refractivity contribution is 5.84. The molecule has 5 heteroatoms. The molecule has 0 spiro atoms. The predicted octanol–water partition coefficient (Wildman–Crippen LogP) is 0.796. The Hall–Kier alpha value is -1.49. The molecule has 0 unspecified atom stereocenters. The number of hydrogen-bond acceptors (Lipinski definition) is 4. The van der Waals surface area contributed by atoms with Gasteiger partial charge in [-0.15, -0.1) is 0 Å². The first-order valence-corrected chi connectivity index (χ1v) is 4.38. The van der Waals surface area contributed by atoms with Crippen molar-refractivity contribution in [3.63, 3.8) is 0 Å². The molecular formula is C9H13NO4. The highest BCUT2D eigenvalue weighted by Crippen LogP contribution is 2.17. The maximum Gasteiger partial charge on any atom is 0.371 e. The summed E-state index contributed by atoms with van der Waals surface area (Å²) in [6, 6.07) is 2.99. The van der Waals surface area contributed by atoms with Gasteiger partial charge in [0.25, 0.3) is 0 Å². The van der Waals surface area contributed by atoms with Gasteiger partial charge in [0.1, 0.15) is 0 Å². The van der Waals surface area contributed by atoms with E-state index in [4.69, 9.17) is 14.6 Å². The van der Waals surface area contributed by atoms with Gasteiger partial charge in [-0.1, -0.05) is 0 Å². The number of aliphatic hydroxyl groups is 1. The van der Waals surface area contributed by atoms with E-state index in [1.165, 1.54) is 6.07 Å². The largest absolute Gasteiger partial charge is 0.475 e. The normalized spacial score (nSPS) is 10.1. The zero-order valence-electron chi connectivity index (χ0n) is 7.93. The number of aromatic carboxylic acids is 1. The van der Waals surface area contributed by atoms with E-state index in [-0.39, 0.29) is 12.4 Å². The Kier molecular flexibility index (Phi) is 3.53. The molecule has 0 amide bonds. The molecule has 0 saturated carbocycles. The van der Waals surface area contributed by atoms with Crippen LogP contribution in [0.15, 0.2) is 16.5 Å². The first-order chi connectivity index (χ1) is 6.69. The van der Waals surface area contributed by atoms with Crippen molar-refractivity contribution in [2.45, 2.75) is 6.92 Å². The number of aliphatic hydroxyl groups excluding tert-OH is 1. The molecule has 0 aliphatic heterocycles. The molecule has 0 aliphatic rings. The van der Waals surface area contributed by atoms with Crippen molar-refractivity contribution in [3.8, 4) is 0 Å². The smallest absolute Gasteiger partial charge is 0.371 e. The summed E-state index contributed by atoms with van der Waals surface area (Å²) in [5, 5.41) is 17.4. The molecule has 0 aromatic carbocycles. The predicted molar refractivity (Wildman–Crippen MR) is 50.6 cm³/mol. The fourth-order valence-corrected chi connectivity index (χ4v) is 1.16. The Morgan fingerprint density at radius 3 is 2.71 bits per heavy atom. The Morgan fingerprint density at radius 2 is 2.29 bits per heavy atom. The molecule has 14 heavy (non-hydrogen) atoms. The molecule has 5 nitrogen and oxygen atoms in total. The van der Waals surface area contributed by atoms with Gasteiger partial charge >= 0.3 is 5.97 Å². The lowest BCUT2D eigenvalue weighted by Gasteiger charge is -2.17. The van der Waals surface area contributed by atoms with E-state index in [2.05, 4.69) is 0 Å². The van der Waals surface area contributed by atoms with E-state index < -0.39 is 5.97 Å². The number of hydrogen-bond donors (Lipinski definition) is 2. The molecule has 1 rings (SSSR count). The van der Waals surface area contributed by atoms with Crippen molar-refractivity contribution >= 4 is 11.9 Å². The van der Waals surface area contributed by atoms with Gasteiger partial charge < -0.3 is 19.5 Å². The molecular weight excluding hydrogens is 186 g/mol. The number of carbonyl (C=O) groups is 1. The highest BCUT2D eigenvalue weighted by atomic mass is 16.4. The van der Waals surface area contributed by atoms with Crippen LogP contribution in [0, 0.1) is 0 Å². The molecule has 0 radical (unpaired) electrons. The fraction of sp³-hybridized carbons (Fsp3) is 0.444. The van der Waals surface area contributed by atoms with Gasteiger partial charge in [-0.3, -0.25) is 0 Å². The number of rotatable bonds is 5. The van der Waals surface area contributed by atoms with E-state index in [9.17, 15) is 4.79 Å². The van der Waals surface area contributed by atoms with Crippen molar-refractivity contribution < 1.29 is 19.4 Å². The number of likely N-dealkylation sites (N-methyl/N-ethyl adjacent to an activating group) is 1. The third-order valence-electron chi connectivity index (χ3n) is 1.87. The molecule has 0 bridgehead atoms. The lowest BCUT2D eigenvalue weighted by molar-refractivity contribution is 0.0663. The summed E-state index contributed by atoms with van der Waals surface area (Å²) in [4.78, 5) is 12.3. The summed E-state index contributed by atoms with van der Waals surface area (Å²) in [6.07, 6.45) is 0.